The van der Waals surface area contributed by atoms with Crippen LogP contribution in [0.1, 0.15) is 27.2 Å². The molecule has 0 spiro atoms. The number of carbonyl (C=O) groups is 1. The molecule has 0 saturated heterocycles. The molecule has 0 aromatic carbocycles. The van der Waals surface area contributed by atoms with E-state index < -0.39 is 21.7 Å². The first-order valence-corrected chi connectivity index (χ1v) is 5.71. The number of hydrogen-bond donors (Lipinski definition) is 3. The van der Waals surface area contributed by atoms with Gasteiger partial charge in [-0.2, -0.15) is 13.1 Å². The van der Waals surface area contributed by atoms with Crippen LogP contribution < -0.4 is 9.44 Å². The largest absolute Gasteiger partial charge is 0.480 e. The maximum Gasteiger partial charge on any atom is 0.324 e. The topological polar surface area (TPSA) is 95.5 Å². The van der Waals surface area contributed by atoms with Gasteiger partial charge in [-0.1, -0.05) is 6.92 Å². The van der Waals surface area contributed by atoms with E-state index in [1.165, 1.54) is 13.8 Å². The Hall–Kier alpha value is -0.660. The summed E-state index contributed by atoms with van der Waals surface area (Å²) in [4.78, 5) is 10.6. The molecule has 0 aliphatic rings. The fraction of sp³-hybridized carbons (Fsp3) is 0.857. The van der Waals surface area contributed by atoms with Crippen LogP contribution >= 0.6 is 0 Å². The zero-order valence-electron chi connectivity index (χ0n) is 8.49. The van der Waals surface area contributed by atoms with Crippen LogP contribution in [0.3, 0.4) is 0 Å². The fourth-order valence-corrected chi connectivity index (χ4v) is 1.96. The first kappa shape index (κ1) is 13.3. The molecule has 0 radical (unpaired) electrons. The Morgan fingerprint density at radius 1 is 1.43 bits per heavy atom. The molecule has 0 saturated carbocycles. The molecule has 0 aromatic heterocycles. The predicted molar refractivity (Wildman–Crippen MR) is 52.1 cm³/mol. The van der Waals surface area contributed by atoms with Gasteiger partial charge in [0.1, 0.15) is 5.54 Å². The van der Waals surface area contributed by atoms with Gasteiger partial charge >= 0.3 is 5.97 Å². The minimum atomic E-state index is -3.73. The van der Waals surface area contributed by atoms with Crippen molar-refractivity contribution in [3.8, 4) is 0 Å². The SMILES string of the molecule is CCCNS(=O)(=O)NC(C)(C)C(=O)O. The minimum Gasteiger partial charge on any atom is -0.480 e. The zero-order valence-corrected chi connectivity index (χ0v) is 9.31. The summed E-state index contributed by atoms with van der Waals surface area (Å²) in [7, 11) is -3.73. The molecule has 0 aromatic rings. The molecule has 7 heteroatoms. The minimum absolute atomic E-state index is 0.283. The van der Waals surface area contributed by atoms with Crippen LogP contribution in [0.4, 0.5) is 0 Å². The van der Waals surface area contributed by atoms with Crippen molar-refractivity contribution in [3.63, 3.8) is 0 Å². The van der Waals surface area contributed by atoms with Crippen molar-refractivity contribution in [2.45, 2.75) is 32.7 Å². The third-order valence-electron chi connectivity index (χ3n) is 1.47. The van der Waals surface area contributed by atoms with Crippen LogP contribution in [0.25, 0.3) is 0 Å². The van der Waals surface area contributed by atoms with Crippen molar-refractivity contribution in [2.24, 2.45) is 0 Å². The van der Waals surface area contributed by atoms with Gasteiger partial charge in [0.15, 0.2) is 0 Å². The number of nitrogens with one attached hydrogen (secondary N) is 2. The molecule has 0 fully saturated rings. The lowest BCUT2D eigenvalue weighted by atomic mass is 10.1. The molecule has 0 atom stereocenters. The first-order chi connectivity index (χ1) is 6.21. The Kier molecular flexibility index (Phi) is 4.50. The highest BCUT2D eigenvalue weighted by Crippen LogP contribution is 2.03. The Balaban J connectivity index is 4.43. The highest BCUT2D eigenvalue weighted by molar-refractivity contribution is 7.87. The summed E-state index contributed by atoms with van der Waals surface area (Å²) in [6, 6.07) is 0. The van der Waals surface area contributed by atoms with E-state index >= 15 is 0 Å². The molecule has 3 N–H and O–H groups in total. The predicted octanol–water partition coefficient (Wildman–Crippen LogP) is -0.316. The normalized spacial score (nSPS) is 12.8. The Bertz CT molecular complexity index is 297. The molecule has 0 bridgehead atoms. The molecule has 6 nitrogen and oxygen atoms in total. The second kappa shape index (κ2) is 4.72. The van der Waals surface area contributed by atoms with E-state index in [2.05, 4.69) is 4.72 Å². The van der Waals surface area contributed by atoms with E-state index in [1.54, 1.807) is 0 Å². The summed E-state index contributed by atoms with van der Waals surface area (Å²) < 4.78 is 26.7. The standard InChI is InChI=1S/C7H16N2O4S/c1-4-5-8-14(12,13)9-7(2,3)6(10)11/h8-9H,4-5H2,1-3H3,(H,10,11). The van der Waals surface area contributed by atoms with Crippen LogP contribution in [0, 0.1) is 0 Å². The van der Waals surface area contributed by atoms with Crippen LogP contribution in [-0.4, -0.2) is 31.6 Å². The Morgan fingerprint density at radius 3 is 2.29 bits per heavy atom. The Morgan fingerprint density at radius 2 is 1.93 bits per heavy atom. The molecule has 0 aliphatic heterocycles. The van der Waals surface area contributed by atoms with Gasteiger partial charge in [-0.15, -0.1) is 0 Å². The summed E-state index contributed by atoms with van der Waals surface area (Å²) in [6.07, 6.45) is 0.647. The van der Waals surface area contributed by atoms with Crippen molar-refractivity contribution in [2.75, 3.05) is 6.54 Å². The van der Waals surface area contributed by atoms with E-state index in [1.807, 2.05) is 11.6 Å². The lowest BCUT2D eigenvalue weighted by Crippen LogP contribution is -2.53. The van der Waals surface area contributed by atoms with Crippen molar-refractivity contribution >= 4 is 16.2 Å². The molecule has 0 rings (SSSR count). The van der Waals surface area contributed by atoms with Crippen molar-refractivity contribution < 1.29 is 18.3 Å². The first-order valence-electron chi connectivity index (χ1n) is 4.23. The molecule has 0 aliphatic carbocycles. The molecule has 84 valence electrons. The maximum absolute atomic E-state index is 11.2. The van der Waals surface area contributed by atoms with Crippen molar-refractivity contribution in [1.29, 1.82) is 0 Å². The smallest absolute Gasteiger partial charge is 0.324 e. The van der Waals surface area contributed by atoms with E-state index in [-0.39, 0.29) is 6.54 Å². The molecule has 0 heterocycles. The van der Waals surface area contributed by atoms with Gasteiger partial charge in [0.2, 0.25) is 0 Å². The molecule has 0 unspecified atom stereocenters. The van der Waals surface area contributed by atoms with Gasteiger partial charge in [-0.3, -0.25) is 4.79 Å². The summed E-state index contributed by atoms with van der Waals surface area (Å²) in [5.41, 5.74) is -1.50. The number of hydrogen-bond acceptors (Lipinski definition) is 3. The van der Waals surface area contributed by atoms with E-state index in [4.69, 9.17) is 5.11 Å². The monoisotopic (exact) mass is 224 g/mol. The third-order valence-corrected chi connectivity index (χ3v) is 2.83. The highest BCUT2D eigenvalue weighted by Gasteiger charge is 2.31. The van der Waals surface area contributed by atoms with Crippen molar-refractivity contribution in [3.05, 3.63) is 0 Å². The van der Waals surface area contributed by atoms with E-state index in [9.17, 15) is 13.2 Å². The van der Waals surface area contributed by atoms with Crippen LogP contribution in [0.15, 0.2) is 0 Å². The van der Waals surface area contributed by atoms with Crippen LogP contribution in [0.5, 0.6) is 0 Å². The van der Waals surface area contributed by atoms with Gasteiger partial charge in [-0.05, 0) is 20.3 Å². The van der Waals surface area contributed by atoms with Gasteiger partial charge in [-0.25, -0.2) is 4.72 Å². The van der Waals surface area contributed by atoms with E-state index in [0.717, 1.165) is 0 Å². The lowest BCUT2D eigenvalue weighted by Gasteiger charge is -2.20. The molecular formula is C7H16N2O4S. The number of aliphatic carboxylic acids is 1. The summed E-state index contributed by atoms with van der Waals surface area (Å²) in [6.45, 7) is 4.65. The number of carboxylic acids is 1. The quantitative estimate of drug-likeness (QED) is 0.576. The summed E-state index contributed by atoms with van der Waals surface area (Å²) >= 11 is 0. The fourth-order valence-electron chi connectivity index (χ4n) is 0.652. The van der Waals surface area contributed by atoms with Gasteiger partial charge in [0, 0.05) is 6.54 Å². The van der Waals surface area contributed by atoms with Gasteiger partial charge in [0.05, 0.1) is 0 Å². The van der Waals surface area contributed by atoms with E-state index in [0.29, 0.717) is 6.42 Å². The highest BCUT2D eigenvalue weighted by atomic mass is 32.2. The number of carboxylic acid groups (broad SMARTS) is 1. The number of rotatable bonds is 6. The zero-order chi connectivity index (χ0) is 11.4. The second-order valence-electron chi connectivity index (χ2n) is 3.43. The average Bonchev–Trinajstić information content (AvgIpc) is 1.99. The average molecular weight is 224 g/mol. The van der Waals surface area contributed by atoms with Crippen LogP contribution in [-0.2, 0) is 15.0 Å². The van der Waals surface area contributed by atoms with Crippen molar-refractivity contribution in [1.82, 2.24) is 9.44 Å². The lowest BCUT2D eigenvalue weighted by molar-refractivity contribution is -0.142. The Labute approximate surface area is 83.9 Å². The second-order valence-corrected chi connectivity index (χ2v) is 4.93. The summed E-state index contributed by atoms with van der Waals surface area (Å²) in [5, 5.41) is 8.68. The molecular weight excluding hydrogens is 208 g/mol. The summed E-state index contributed by atoms with van der Waals surface area (Å²) in [5.74, 6) is -1.22. The van der Waals surface area contributed by atoms with Gasteiger partial charge in [0.25, 0.3) is 10.2 Å². The molecule has 14 heavy (non-hydrogen) atoms. The third kappa shape index (κ3) is 4.54. The maximum atomic E-state index is 11.2. The van der Waals surface area contributed by atoms with Crippen LogP contribution in [0.2, 0.25) is 0 Å². The van der Waals surface area contributed by atoms with Gasteiger partial charge < -0.3 is 5.11 Å². The molecule has 0 amide bonds.